The fourth-order valence-electron chi connectivity index (χ4n) is 2.25. The van der Waals surface area contributed by atoms with Crippen molar-refractivity contribution in [2.24, 2.45) is 11.7 Å². The van der Waals surface area contributed by atoms with E-state index in [1.807, 2.05) is 12.1 Å². The van der Waals surface area contributed by atoms with Crippen LogP contribution in [0.15, 0.2) is 18.2 Å². The van der Waals surface area contributed by atoms with Crippen molar-refractivity contribution in [1.82, 2.24) is 10.3 Å². The van der Waals surface area contributed by atoms with Gasteiger partial charge in [-0.05, 0) is 50.9 Å². The maximum Gasteiger partial charge on any atom is 0.213 e. The summed E-state index contributed by atoms with van der Waals surface area (Å²) < 4.78 is 5.73. The van der Waals surface area contributed by atoms with Crippen LogP contribution in [0.2, 0.25) is 0 Å². The number of nitrogens with two attached hydrogens (primary N) is 1. The molecule has 1 aliphatic rings. The van der Waals surface area contributed by atoms with E-state index in [9.17, 15) is 5.11 Å². The van der Waals surface area contributed by atoms with Gasteiger partial charge in [-0.2, -0.15) is 0 Å². The smallest absolute Gasteiger partial charge is 0.213 e. The predicted octanol–water partition coefficient (Wildman–Crippen LogP) is 0.842. The molecule has 0 aliphatic carbocycles. The van der Waals surface area contributed by atoms with Crippen LogP contribution < -0.4 is 15.8 Å². The van der Waals surface area contributed by atoms with Crippen LogP contribution in [0.3, 0.4) is 0 Å². The summed E-state index contributed by atoms with van der Waals surface area (Å²) in [5, 5.41) is 13.2. The zero-order valence-corrected chi connectivity index (χ0v) is 11.2. The summed E-state index contributed by atoms with van der Waals surface area (Å²) in [6, 6.07) is 5.50. The zero-order valence-electron chi connectivity index (χ0n) is 11.2. The monoisotopic (exact) mass is 265 g/mol. The van der Waals surface area contributed by atoms with Gasteiger partial charge >= 0.3 is 0 Å². The second-order valence-electron chi connectivity index (χ2n) is 5.00. The van der Waals surface area contributed by atoms with Crippen LogP contribution in [0.1, 0.15) is 31.1 Å². The number of piperidine rings is 1. The molecule has 0 amide bonds. The Labute approximate surface area is 114 Å². The molecule has 1 aromatic rings. The van der Waals surface area contributed by atoms with Crippen LogP contribution in [0.4, 0.5) is 0 Å². The van der Waals surface area contributed by atoms with Crippen molar-refractivity contribution in [3.05, 3.63) is 23.9 Å². The third-order valence-electron chi connectivity index (χ3n) is 3.45. The van der Waals surface area contributed by atoms with Crippen LogP contribution in [0, 0.1) is 5.92 Å². The molecule has 5 nitrogen and oxygen atoms in total. The molecule has 1 saturated heterocycles. The number of nitrogens with zero attached hydrogens (tertiary/aromatic N) is 1. The Kier molecular flexibility index (Phi) is 5.57. The van der Waals surface area contributed by atoms with Gasteiger partial charge in [-0.3, -0.25) is 0 Å². The molecule has 0 radical (unpaired) electrons. The number of aliphatic hydroxyl groups excluding tert-OH is 1. The quantitative estimate of drug-likeness (QED) is 0.710. The Morgan fingerprint density at radius 1 is 1.42 bits per heavy atom. The van der Waals surface area contributed by atoms with E-state index in [1.165, 1.54) is 0 Å². The predicted molar refractivity (Wildman–Crippen MR) is 74.0 cm³/mol. The van der Waals surface area contributed by atoms with E-state index in [4.69, 9.17) is 10.5 Å². The van der Waals surface area contributed by atoms with Gasteiger partial charge in [-0.15, -0.1) is 0 Å². The molecular weight excluding hydrogens is 242 g/mol. The van der Waals surface area contributed by atoms with Crippen LogP contribution in [-0.4, -0.2) is 36.3 Å². The Balaban J connectivity index is 1.87. The van der Waals surface area contributed by atoms with Gasteiger partial charge in [0.15, 0.2) is 0 Å². The molecule has 19 heavy (non-hydrogen) atoms. The van der Waals surface area contributed by atoms with Gasteiger partial charge in [0.05, 0.1) is 18.4 Å². The van der Waals surface area contributed by atoms with Crippen LogP contribution in [0.5, 0.6) is 5.88 Å². The molecule has 0 saturated carbocycles. The summed E-state index contributed by atoms with van der Waals surface area (Å²) in [7, 11) is 0. The summed E-state index contributed by atoms with van der Waals surface area (Å²) in [5.41, 5.74) is 6.07. The molecule has 1 atom stereocenters. The lowest BCUT2D eigenvalue weighted by atomic mass is 9.99. The number of ether oxygens (including phenoxy) is 1. The van der Waals surface area contributed by atoms with Gasteiger partial charge in [0, 0.05) is 6.07 Å². The van der Waals surface area contributed by atoms with E-state index in [1.54, 1.807) is 6.07 Å². The van der Waals surface area contributed by atoms with Gasteiger partial charge in [0.2, 0.25) is 5.88 Å². The standard InChI is InChI=1S/C14H23N3O2/c15-7-4-13(18)12-2-1-3-14(17-12)19-10-11-5-8-16-9-6-11/h1-3,11,13,16,18H,4-10,15H2. The molecule has 2 rings (SSSR count). The van der Waals surface area contributed by atoms with Crippen molar-refractivity contribution in [3.63, 3.8) is 0 Å². The molecule has 1 aliphatic heterocycles. The molecule has 0 spiro atoms. The van der Waals surface area contributed by atoms with Crippen LogP contribution in [-0.2, 0) is 0 Å². The molecular formula is C14H23N3O2. The van der Waals surface area contributed by atoms with Crippen molar-refractivity contribution in [2.45, 2.75) is 25.4 Å². The summed E-state index contributed by atoms with van der Waals surface area (Å²) in [6.45, 7) is 3.28. The minimum Gasteiger partial charge on any atom is -0.477 e. The van der Waals surface area contributed by atoms with Crippen LogP contribution >= 0.6 is 0 Å². The van der Waals surface area contributed by atoms with Crippen molar-refractivity contribution in [3.8, 4) is 5.88 Å². The lowest BCUT2D eigenvalue weighted by Crippen LogP contribution is -2.30. The highest BCUT2D eigenvalue weighted by atomic mass is 16.5. The molecule has 1 fully saturated rings. The fraction of sp³-hybridized carbons (Fsp3) is 0.643. The first kappa shape index (κ1) is 14.2. The van der Waals surface area contributed by atoms with Gasteiger partial charge in [-0.25, -0.2) is 4.98 Å². The van der Waals surface area contributed by atoms with Gasteiger partial charge in [0.1, 0.15) is 0 Å². The van der Waals surface area contributed by atoms with Crippen molar-refractivity contribution < 1.29 is 9.84 Å². The molecule has 5 heteroatoms. The summed E-state index contributed by atoms with van der Waals surface area (Å²) >= 11 is 0. The first-order chi connectivity index (χ1) is 9.29. The molecule has 106 valence electrons. The van der Waals surface area contributed by atoms with E-state index in [-0.39, 0.29) is 0 Å². The van der Waals surface area contributed by atoms with Crippen molar-refractivity contribution in [1.29, 1.82) is 0 Å². The average molecular weight is 265 g/mol. The number of aromatic nitrogens is 1. The number of hydrogen-bond acceptors (Lipinski definition) is 5. The summed E-state index contributed by atoms with van der Waals surface area (Å²) in [5.74, 6) is 1.19. The third kappa shape index (κ3) is 4.45. The SMILES string of the molecule is NCCC(O)c1cccc(OCC2CCNCC2)n1. The molecule has 0 aromatic carbocycles. The minimum atomic E-state index is -0.604. The van der Waals surface area contributed by atoms with Gasteiger partial charge in [0.25, 0.3) is 0 Å². The number of nitrogens with one attached hydrogen (secondary N) is 1. The van der Waals surface area contributed by atoms with E-state index in [2.05, 4.69) is 10.3 Å². The fourth-order valence-corrected chi connectivity index (χ4v) is 2.25. The van der Waals surface area contributed by atoms with Crippen LogP contribution in [0.25, 0.3) is 0 Å². The third-order valence-corrected chi connectivity index (χ3v) is 3.45. The maximum atomic E-state index is 9.86. The number of rotatable bonds is 6. The van der Waals surface area contributed by atoms with Crippen molar-refractivity contribution >= 4 is 0 Å². The molecule has 1 aromatic heterocycles. The topological polar surface area (TPSA) is 80.4 Å². The second-order valence-corrected chi connectivity index (χ2v) is 5.00. The molecule has 4 N–H and O–H groups in total. The lowest BCUT2D eigenvalue weighted by Gasteiger charge is -2.22. The summed E-state index contributed by atoms with van der Waals surface area (Å²) in [4.78, 5) is 4.33. The van der Waals surface area contributed by atoms with E-state index in [0.717, 1.165) is 25.9 Å². The Morgan fingerprint density at radius 3 is 2.95 bits per heavy atom. The molecule has 1 unspecified atom stereocenters. The number of hydrogen-bond donors (Lipinski definition) is 3. The highest BCUT2D eigenvalue weighted by Crippen LogP contribution is 2.18. The molecule has 2 heterocycles. The highest BCUT2D eigenvalue weighted by Gasteiger charge is 2.14. The van der Waals surface area contributed by atoms with Gasteiger partial charge < -0.3 is 20.9 Å². The van der Waals surface area contributed by atoms with Gasteiger partial charge in [-0.1, -0.05) is 6.07 Å². The summed E-state index contributed by atoms with van der Waals surface area (Å²) in [6.07, 6.45) is 2.21. The Bertz CT molecular complexity index is 381. The second kappa shape index (κ2) is 7.43. The van der Waals surface area contributed by atoms with E-state index >= 15 is 0 Å². The average Bonchev–Trinajstić information content (AvgIpc) is 2.47. The van der Waals surface area contributed by atoms with E-state index < -0.39 is 6.10 Å². The van der Waals surface area contributed by atoms with Crippen molar-refractivity contribution in [2.75, 3.05) is 26.2 Å². The Hall–Kier alpha value is -1.17. The number of pyridine rings is 1. The largest absolute Gasteiger partial charge is 0.477 e. The number of aliphatic hydroxyl groups is 1. The first-order valence-corrected chi connectivity index (χ1v) is 6.98. The highest BCUT2D eigenvalue weighted by molar-refractivity contribution is 5.17. The Morgan fingerprint density at radius 2 is 2.21 bits per heavy atom. The minimum absolute atomic E-state index is 0.447. The first-order valence-electron chi connectivity index (χ1n) is 6.98. The molecule has 0 bridgehead atoms. The van der Waals surface area contributed by atoms with E-state index in [0.29, 0.717) is 37.1 Å². The normalized spacial score (nSPS) is 18.2. The zero-order chi connectivity index (χ0) is 13.5. The lowest BCUT2D eigenvalue weighted by molar-refractivity contribution is 0.162. The maximum absolute atomic E-state index is 9.86.